The molecule has 0 amide bonds. The van der Waals surface area contributed by atoms with Gasteiger partial charge in [0.25, 0.3) is 0 Å². The van der Waals surface area contributed by atoms with E-state index in [1.54, 1.807) is 0 Å². The van der Waals surface area contributed by atoms with E-state index in [0.717, 1.165) is 0 Å². The van der Waals surface area contributed by atoms with Gasteiger partial charge in [-0.1, -0.05) is 6.07 Å². The number of aliphatic hydroxyl groups is 1. The molecule has 0 fully saturated rings. The van der Waals surface area contributed by atoms with Crippen LogP contribution in [0.15, 0.2) is 12.1 Å². The Morgan fingerprint density at radius 2 is 1.69 bits per heavy atom. The summed E-state index contributed by atoms with van der Waals surface area (Å²) >= 11 is 0. The topological polar surface area (TPSA) is 23.5 Å². The van der Waals surface area contributed by atoms with Crippen molar-refractivity contribution >= 4 is 5.69 Å². The molecule has 0 aliphatic carbocycles. The Morgan fingerprint density at radius 1 is 1.12 bits per heavy atom. The number of benzene rings is 1. The lowest BCUT2D eigenvalue weighted by atomic mass is 10.0. The monoisotopic (exact) mass is 221 g/mol. The Balaban J connectivity index is 3.01. The first-order valence-corrected chi connectivity index (χ1v) is 5.72. The molecule has 1 rings (SSSR count). The Morgan fingerprint density at radius 3 is 2.19 bits per heavy atom. The highest BCUT2D eigenvalue weighted by Crippen LogP contribution is 2.25. The molecule has 16 heavy (non-hydrogen) atoms. The standard InChI is InChI=1S/C14H23NO/c1-10-7-8-13(12(3)11(10)2)15(6)9-14(4,5)16/h7-8,16H,9H2,1-6H3. The van der Waals surface area contributed by atoms with E-state index in [4.69, 9.17) is 0 Å². The molecule has 90 valence electrons. The number of hydrogen-bond acceptors (Lipinski definition) is 2. The SMILES string of the molecule is Cc1ccc(N(C)CC(C)(C)O)c(C)c1C. The second-order valence-electron chi connectivity index (χ2n) is 5.32. The minimum Gasteiger partial charge on any atom is -0.389 e. The van der Waals surface area contributed by atoms with Crippen LogP contribution in [-0.2, 0) is 0 Å². The van der Waals surface area contributed by atoms with E-state index < -0.39 is 5.60 Å². The molecule has 2 nitrogen and oxygen atoms in total. The van der Waals surface area contributed by atoms with Gasteiger partial charge in [-0.3, -0.25) is 0 Å². The maximum absolute atomic E-state index is 9.82. The predicted molar refractivity (Wildman–Crippen MR) is 70.2 cm³/mol. The summed E-state index contributed by atoms with van der Waals surface area (Å²) in [6, 6.07) is 4.27. The van der Waals surface area contributed by atoms with E-state index in [0.29, 0.717) is 6.54 Å². The van der Waals surface area contributed by atoms with E-state index >= 15 is 0 Å². The molecular weight excluding hydrogens is 198 g/mol. The molecule has 0 saturated carbocycles. The van der Waals surface area contributed by atoms with Gasteiger partial charge < -0.3 is 10.0 Å². The number of rotatable bonds is 3. The van der Waals surface area contributed by atoms with Gasteiger partial charge in [-0.15, -0.1) is 0 Å². The number of aryl methyl sites for hydroxylation is 1. The van der Waals surface area contributed by atoms with Crippen LogP contribution in [-0.4, -0.2) is 24.3 Å². The van der Waals surface area contributed by atoms with Gasteiger partial charge in [0.05, 0.1) is 5.60 Å². The normalized spacial score (nSPS) is 11.7. The molecule has 0 aliphatic heterocycles. The molecule has 0 spiro atoms. The molecule has 1 aromatic rings. The van der Waals surface area contributed by atoms with Gasteiger partial charge in [0.1, 0.15) is 0 Å². The minimum absolute atomic E-state index is 0.635. The third-order valence-corrected chi connectivity index (χ3v) is 3.06. The van der Waals surface area contributed by atoms with Crippen LogP contribution in [0.25, 0.3) is 0 Å². The summed E-state index contributed by atoms with van der Waals surface area (Å²) in [5.74, 6) is 0. The molecule has 1 aromatic carbocycles. The molecule has 0 heterocycles. The van der Waals surface area contributed by atoms with Gasteiger partial charge in [-0.2, -0.15) is 0 Å². The minimum atomic E-state index is -0.667. The van der Waals surface area contributed by atoms with Crippen molar-refractivity contribution in [2.24, 2.45) is 0 Å². The quantitative estimate of drug-likeness (QED) is 0.848. The zero-order valence-electron chi connectivity index (χ0n) is 11.3. The summed E-state index contributed by atoms with van der Waals surface area (Å²) in [6.07, 6.45) is 0. The van der Waals surface area contributed by atoms with Crippen LogP contribution >= 0.6 is 0 Å². The van der Waals surface area contributed by atoms with E-state index in [1.165, 1.54) is 22.4 Å². The molecule has 0 bridgehead atoms. The third kappa shape index (κ3) is 2.99. The van der Waals surface area contributed by atoms with Crippen molar-refractivity contribution in [3.05, 3.63) is 28.8 Å². The average molecular weight is 221 g/mol. The van der Waals surface area contributed by atoms with Gasteiger partial charge in [0, 0.05) is 19.3 Å². The van der Waals surface area contributed by atoms with Crippen LogP contribution in [0, 0.1) is 20.8 Å². The molecule has 1 N–H and O–H groups in total. The Kier molecular flexibility index (Phi) is 3.64. The van der Waals surface area contributed by atoms with Crippen molar-refractivity contribution < 1.29 is 5.11 Å². The second kappa shape index (κ2) is 4.46. The fourth-order valence-corrected chi connectivity index (χ4v) is 2.02. The van der Waals surface area contributed by atoms with Crippen molar-refractivity contribution in [1.29, 1.82) is 0 Å². The first-order valence-electron chi connectivity index (χ1n) is 5.72. The van der Waals surface area contributed by atoms with Crippen LogP contribution in [0.3, 0.4) is 0 Å². The lowest BCUT2D eigenvalue weighted by Crippen LogP contribution is -2.36. The van der Waals surface area contributed by atoms with Crippen LogP contribution < -0.4 is 4.90 Å². The van der Waals surface area contributed by atoms with Crippen molar-refractivity contribution in [1.82, 2.24) is 0 Å². The number of hydrogen-bond donors (Lipinski definition) is 1. The van der Waals surface area contributed by atoms with Crippen LogP contribution in [0.2, 0.25) is 0 Å². The number of nitrogens with zero attached hydrogens (tertiary/aromatic N) is 1. The highest BCUT2D eigenvalue weighted by atomic mass is 16.3. The molecule has 0 radical (unpaired) electrons. The van der Waals surface area contributed by atoms with E-state index in [9.17, 15) is 5.11 Å². The summed E-state index contributed by atoms with van der Waals surface area (Å²) in [4.78, 5) is 2.11. The molecule has 0 atom stereocenters. The van der Waals surface area contributed by atoms with Crippen LogP contribution in [0.4, 0.5) is 5.69 Å². The first-order chi connectivity index (χ1) is 7.22. The fraction of sp³-hybridized carbons (Fsp3) is 0.571. The van der Waals surface area contributed by atoms with Crippen molar-refractivity contribution in [3.63, 3.8) is 0 Å². The van der Waals surface area contributed by atoms with Gasteiger partial charge in [0.2, 0.25) is 0 Å². The summed E-state index contributed by atoms with van der Waals surface area (Å²) in [5, 5.41) is 9.82. The van der Waals surface area contributed by atoms with E-state index in [1.807, 2.05) is 20.9 Å². The Bertz CT molecular complexity index is 377. The molecule has 0 unspecified atom stereocenters. The van der Waals surface area contributed by atoms with Crippen LogP contribution in [0.1, 0.15) is 30.5 Å². The molecule has 2 heteroatoms. The van der Waals surface area contributed by atoms with Crippen molar-refractivity contribution in [3.8, 4) is 0 Å². The molecule has 0 aliphatic rings. The van der Waals surface area contributed by atoms with Gasteiger partial charge in [0.15, 0.2) is 0 Å². The number of anilines is 1. The van der Waals surface area contributed by atoms with E-state index in [-0.39, 0.29) is 0 Å². The molecular formula is C14H23NO. The third-order valence-electron chi connectivity index (χ3n) is 3.06. The zero-order chi connectivity index (χ0) is 12.5. The summed E-state index contributed by atoms with van der Waals surface area (Å²) in [5.41, 5.74) is 4.48. The average Bonchev–Trinajstić information content (AvgIpc) is 2.11. The lowest BCUT2D eigenvalue weighted by molar-refractivity contribution is 0.0886. The maximum atomic E-state index is 9.82. The maximum Gasteiger partial charge on any atom is 0.0765 e. The van der Waals surface area contributed by atoms with Crippen molar-refractivity contribution in [2.45, 2.75) is 40.2 Å². The lowest BCUT2D eigenvalue weighted by Gasteiger charge is -2.29. The van der Waals surface area contributed by atoms with Crippen molar-refractivity contribution in [2.75, 3.05) is 18.5 Å². The largest absolute Gasteiger partial charge is 0.389 e. The Hall–Kier alpha value is -1.02. The molecule has 0 aromatic heterocycles. The van der Waals surface area contributed by atoms with Gasteiger partial charge >= 0.3 is 0 Å². The zero-order valence-corrected chi connectivity index (χ0v) is 11.3. The highest BCUT2D eigenvalue weighted by Gasteiger charge is 2.17. The fourth-order valence-electron chi connectivity index (χ4n) is 2.02. The predicted octanol–water partition coefficient (Wildman–Crippen LogP) is 2.82. The van der Waals surface area contributed by atoms with Gasteiger partial charge in [-0.05, 0) is 57.4 Å². The highest BCUT2D eigenvalue weighted by molar-refractivity contribution is 5.57. The van der Waals surface area contributed by atoms with E-state index in [2.05, 4.69) is 37.8 Å². The van der Waals surface area contributed by atoms with Crippen LogP contribution in [0.5, 0.6) is 0 Å². The summed E-state index contributed by atoms with van der Waals surface area (Å²) in [7, 11) is 2.02. The summed E-state index contributed by atoms with van der Waals surface area (Å²) < 4.78 is 0. The smallest absolute Gasteiger partial charge is 0.0765 e. The number of likely N-dealkylation sites (N-methyl/N-ethyl adjacent to an activating group) is 1. The second-order valence-corrected chi connectivity index (χ2v) is 5.32. The summed E-state index contributed by atoms with van der Waals surface area (Å²) in [6.45, 7) is 10.7. The van der Waals surface area contributed by atoms with Gasteiger partial charge in [-0.25, -0.2) is 0 Å². The first kappa shape index (κ1) is 13.0. The molecule has 0 saturated heterocycles. The Labute approximate surface area is 98.9 Å².